The number of ether oxygens (including phenoxy) is 1. The van der Waals surface area contributed by atoms with Crippen LogP contribution in [0, 0.1) is 11.8 Å². The third kappa shape index (κ3) is 9.30. The maximum absolute atomic E-state index is 13.5. The van der Waals surface area contributed by atoms with Crippen LogP contribution in [0.3, 0.4) is 0 Å². The maximum atomic E-state index is 13.5. The Hall–Kier alpha value is -2.39. The second-order valence-corrected chi connectivity index (χ2v) is 13.5. The molecule has 0 aromatic heterocycles. The smallest absolute Gasteiger partial charge is 0.249 e. The third-order valence-corrected chi connectivity index (χ3v) is 9.72. The molecule has 0 spiro atoms. The highest BCUT2D eigenvalue weighted by atomic mass is 35.5. The largest absolute Gasteiger partial charge is 0.491 e. The summed E-state index contributed by atoms with van der Waals surface area (Å²) in [5.74, 6) is 1.36. The molecule has 4 unspecified atom stereocenters. The summed E-state index contributed by atoms with van der Waals surface area (Å²) in [4.78, 5) is 18.3. The first-order chi connectivity index (χ1) is 20.7. The Morgan fingerprint density at radius 2 is 1.91 bits per heavy atom. The molecule has 4 atom stereocenters. The van der Waals surface area contributed by atoms with Crippen LogP contribution in [0.2, 0.25) is 5.02 Å². The van der Waals surface area contributed by atoms with Crippen molar-refractivity contribution in [2.24, 2.45) is 11.8 Å². The second-order valence-electron chi connectivity index (χ2n) is 11.8. The van der Waals surface area contributed by atoms with Crippen molar-refractivity contribution in [3.8, 4) is 5.75 Å². The van der Waals surface area contributed by atoms with E-state index in [2.05, 4.69) is 47.8 Å². The molecule has 2 bridgehead atoms. The summed E-state index contributed by atoms with van der Waals surface area (Å²) in [5.41, 5.74) is 3.50. The van der Waals surface area contributed by atoms with Crippen LogP contribution in [0.1, 0.15) is 70.4 Å². The van der Waals surface area contributed by atoms with E-state index in [0.717, 1.165) is 68.8 Å². The Labute approximate surface area is 266 Å². The zero-order chi connectivity index (χ0) is 31.5. The monoisotopic (exact) mass is 631 g/mol. The molecule has 2 aromatic rings. The molecule has 4 rings (SSSR count). The van der Waals surface area contributed by atoms with Gasteiger partial charge in [-0.15, -0.1) is 0 Å². The summed E-state index contributed by atoms with van der Waals surface area (Å²) in [6.45, 7) is 11.4. The molecule has 2 aliphatic heterocycles. The van der Waals surface area contributed by atoms with E-state index in [9.17, 15) is 9.00 Å². The summed E-state index contributed by atoms with van der Waals surface area (Å²) < 4.78 is 22.7. The fourth-order valence-electron chi connectivity index (χ4n) is 6.14. The predicted octanol–water partition coefficient (Wildman–Crippen LogP) is 6.36. The van der Waals surface area contributed by atoms with E-state index in [-0.39, 0.29) is 23.8 Å². The van der Waals surface area contributed by atoms with Gasteiger partial charge in [-0.1, -0.05) is 70.4 Å². The van der Waals surface area contributed by atoms with E-state index in [4.69, 9.17) is 21.4 Å². The Kier molecular flexibility index (Phi) is 14.0. The van der Waals surface area contributed by atoms with E-state index < -0.39 is 11.0 Å². The van der Waals surface area contributed by atoms with Gasteiger partial charge in [0, 0.05) is 37.7 Å². The summed E-state index contributed by atoms with van der Waals surface area (Å²) in [6.07, 6.45) is 9.59. The number of hydrogen-bond acceptors (Lipinski definition) is 6. The summed E-state index contributed by atoms with van der Waals surface area (Å²) in [6, 6.07) is 11.5. The van der Waals surface area contributed by atoms with Crippen molar-refractivity contribution in [2.75, 3.05) is 45.3 Å². The molecule has 9 heteroatoms. The molecule has 1 amide bonds. The minimum Gasteiger partial charge on any atom is -0.491 e. The molecule has 0 aliphatic carbocycles. The zero-order valence-electron chi connectivity index (χ0n) is 26.6. The van der Waals surface area contributed by atoms with E-state index in [1.807, 2.05) is 50.1 Å². The van der Waals surface area contributed by atoms with Crippen molar-refractivity contribution in [3.63, 3.8) is 0 Å². The Balaban J connectivity index is 0.00000248. The molecule has 0 radical (unpaired) electrons. The zero-order valence-corrected chi connectivity index (χ0v) is 28.2. The van der Waals surface area contributed by atoms with Gasteiger partial charge in [0.2, 0.25) is 5.91 Å². The first kappa shape index (κ1) is 35.1. The highest BCUT2D eigenvalue weighted by molar-refractivity contribution is 7.83. The summed E-state index contributed by atoms with van der Waals surface area (Å²) >= 11 is 6.39. The highest BCUT2D eigenvalue weighted by Crippen LogP contribution is 2.38. The Morgan fingerprint density at radius 1 is 1.14 bits per heavy atom. The van der Waals surface area contributed by atoms with Crippen LogP contribution in [-0.2, 0) is 22.2 Å². The number of aliphatic hydroxyl groups excluding tert-OH is 1. The van der Waals surface area contributed by atoms with Crippen molar-refractivity contribution >= 4 is 34.2 Å². The number of carbonyl (C=O) groups excluding carboxylic acids is 1. The van der Waals surface area contributed by atoms with Gasteiger partial charge in [-0.05, 0) is 79.6 Å². The number of rotatable bonds is 5. The molecule has 0 saturated heterocycles. The van der Waals surface area contributed by atoms with Crippen LogP contribution in [0.4, 0.5) is 5.69 Å². The van der Waals surface area contributed by atoms with Gasteiger partial charge in [0.1, 0.15) is 5.75 Å². The lowest BCUT2D eigenvalue weighted by Gasteiger charge is -2.30. The fourth-order valence-corrected chi connectivity index (χ4v) is 7.17. The number of aryl methyl sites for hydroxylation is 1. The van der Waals surface area contributed by atoms with E-state index in [1.54, 1.807) is 0 Å². The normalized spacial score (nSPS) is 24.3. The van der Waals surface area contributed by atoms with Crippen molar-refractivity contribution < 1.29 is 18.8 Å². The van der Waals surface area contributed by atoms with Gasteiger partial charge < -0.3 is 14.7 Å². The fraction of sp³-hybridized carbons (Fsp3) is 0.559. The van der Waals surface area contributed by atoms with Crippen LogP contribution in [-0.4, -0.2) is 66.6 Å². The molecule has 43 heavy (non-hydrogen) atoms. The van der Waals surface area contributed by atoms with Crippen molar-refractivity contribution in [3.05, 3.63) is 64.7 Å². The summed E-state index contributed by atoms with van der Waals surface area (Å²) in [5, 5.41) is 7.76. The number of likely N-dealkylation sites (N-methyl/N-ethyl adjacent to an activating group) is 1. The first-order valence-corrected chi connectivity index (χ1v) is 17.1. The van der Waals surface area contributed by atoms with Gasteiger partial charge in [-0.2, -0.15) is 0 Å². The topological polar surface area (TPSA) is 82.1 Å². The highest BCUT2D eigenvalue weighted by Gasteiger charge is 2.30. The van der Waals surface area contributed by atoms with Crippen LogP contribution in [0.15, 0.2) is 53.4 Å². The number of fused-ring (bicyclic) bond motifs is 1. The number of amides is 1. The number of carbonyl (C=O) groups is 1. The number of hydrogen-bond donors (Lipinski definition) is 2. The number of allylic oxidation sites excluding steroid dienone is 1. The molecule has 7 nitrogen and oxygen atoms in total. The maximum Gasteiger partial charge on any atom is 0.249 e. The molecular formula is C34H50ClN3O4S. The van der Waals surface area contributed by atoms with Gasteiger partial charge >= 0.3 is 0 Å². The average Bonchev–Trinajstić information content (AvgIpc) is 3.16. The first-order valence-electron chi connectivity index (χ1n) is 15.5. The number of nitrogens with zero attached hydrogens (tertiary/aromatic N) is 2. The predicted molar refractivity (Wildman–Crippen MR) is 178 cm³/mol. The molecule has 2 aromatic carbocycles. The van der Waals surface area contributed by atoms with Gasteiger partial charge in [-0.3, -0.25) is 14.4 Å². The molecule has 2 heterocycles. The molecular weight excluding hydrogens is 582 g/mol. The average molecular weight is 632 g/mol. The van der Waals surface area contributed by atoms with Crippen LogP contribution in [0.25, 0.3) is 0 Å². The van der Waals surface area contributed by atoms with E-state index in [0.29, 0.717) is 24.0 Å². The minimum atomic E-state index is -1.68. The lowest BCUT2D eigenvalue weighted by atomic mass is 9.91. The van der Waals surface area contributed by atoms with E-state index >= 15 is 0 Å². The quantitative estimate of drug-likeness (QED) is 0.374. The number of benzene rings is 2. The van der Waals surface area contributed by atoms with Crippen molar-refractivity contribution in [1.82, 2.24) is 9.62 Å². The number of anilines is 1. The lowest BCUT2D eigenvalue weighted by molar-refractivity contribution is -0.125. The second kappa shape index (κ2) is 17.2. The van der Waals surface area contributed by atoms with Gasteiger partial charge in [0.05, 0.1) is 23.2 Å². The third-order valence-electron chi connectivity index (χ3n) is 8.41. The molecule has 2 N–H and O–H groups in total. The van der Waals surface area contributed by atoms with Gasteiger partial charge in [-0.25, -0.2) is 4.21 Å². The lowest BCUT2D eigenvalue weighted by Crippen LogP contribution is -2.48. The minimum absolute atomic E-state index is 0.0750. The molecule has 2 aliphatic rings. The number of nitrogens with one attached hydrogen (secondary N) is 1. The molecule has 238 valence electrons. The van der Waals surface area contributed by atoms with Gasteiger partial charge in [0.25, 0.3) is 0 Å². The summed E-state index contributed by atoms with van der Waals surface area (Å²) in [7, 11) is 1.27. The van der Waals surface area contributed by atoms with Crippen LogP contribution >= 0.6 is 11.6 Å². The van der Waals surface area contributed by atoms with E-state index in [1.165, 1.54) is 11.1 Å². The van der Waals surface area contributed by atoms with Crippen molar-refractivity contribution in [2.45, 2.75) is 76.7 Å². The van der Waals surface area contributed by atoms with Gasteiger partial charge in [0.15, 0.2) is 11.0 Å². The molecule has 0 saturated carbocycles. The van der Waals surface area contributed by atoms with Crippen molar-refractivity contribution in [1.29, 1.82) is 0 Å². The Morgan fingerprint density at radius 3 is 2.60 bits per heavy atom. The standard InChI is InChI=1S/C33H46ClN3O3S.CH4O/c1-6-10-25-19-27(34)12-14-29(25)26-21-37-18-16-24(7-2)11-8-9-17-36(5)32(23(3)4)33(38)35-41(39)28-13-15-31(40-22-26)30(37)20-28;1-2/h8-9,12-15,19-20,23-24,26,32H,6-7,10-11,16-18,21-22H2,1-5H3,(H,35,38);2H,1H3/b9-8+;. The Bertz CT molecular complexity index is 1250. The van der Waals surface area contributed by atoms with Crippen LogP contribution in [0.5, 0.6) is 5.75 Å². The number of aliphatic hydroxyl groups is 1. The molecule has 0 fully saturated rings. The number of halogens is 1. The SMILES string of the molecule is CCCc1cc(Cl)ccc1C1COc2ccc3cc2N(CCC(CC)C/C=C/CN(C)C(C(C)C)C(=O)NS3=O)C1.CO. The van der Waals surface area contributed by atoms with Crippen LogP contribution < -0.4 is 14.4 Å².